The predicted molar refractivity (Wildman–Crippen MR) is 75.2 cm³/mol. The maximum absolute atomic E-state index is 11.9. The molecule has 0 aliphatic rings. The van der Waals surface area contributed by atoms with Gasteiger partial charge in [0.15, 0.2) is 0 Å². The molecule has 0 bridgehead atoms. The van der Waals surface area contributed by atoms with Gasteiger partial charge in [0, 0.05) is 29.3 Å². The number of hydrogen-bond donors (Lipinski definition) is 4. The zero-order valence-corrected chi connectivity index (χ0v) is 11.4. The van der Waals surface area contributed by atoms with E-state index < -0.39 is 11.8 Å². The minimum absolute atomic E-state index is 0.109. The summed E-state index contributed by atoms with van der Waals surface area (Å²) in [6.07, 6.45) is 0. The van der Waals surface area contributed by atoms with Gasteiger partial charge in [0.05, 0.1) is 0 Å². The van der Waals surface area contributed by atoms with Gasteiger partial charge in [0.1, 0.15) is 0 Å². The highest BCUT2D eigenvalue weighted by atomic mass is 16.2. The van der Waals surface area contributed by atoms with Crippen LogP contribution in [0.4, 0.5) is 5.69 Å². The van der Waals surface area contributed by atoms with Crippen LogP contribution in [0.2, 0.25) is 0 Å². The molecule has 6 N–H and O–H groups in total. The van der Waals surface area contributed by atoms with Crippen molar-refractivity contribution in [3.8, 4) is 0 Å². The summed E-state index contributed by atoms with van der Waals surface area (Å²) in [6.45, 7) is 2.25. The van der Waals surface area contributed by atoms with Crippen molar-refractivity contribution in [2.24, 2.45) is 17.4 Å². The van der Waals surface area contributed by atoms with Gasteiger partial charge in [0.2, 0.25) is 17.7 Å². The Morgan fingerprint density at radius 1 is 1.10 bits per heavy atom. The molecule has 0 heterocycles. The van der Waals surface area contributed by atoms with Gasteiger partial charge >= 0.3 is 0 Å². The average Bonchev–Trinajstić information content (AvgIpc) is 2.38. The van der Waals surface area contributed by atoms with Crippen molar-refractivity contribution in [2.75, 3.05) is 18.9 Å². The fraction of sp³-hybridized carbons (Fsp3) is 0.308. The lowest BCUT2D eigenvalue weighted by Crippen LogP contribution is -2.29. The Morgan fingerprint density at radius 3 is 2.00 bits per heavy atom. The van der Waals surface area contributed by atoms with E-state index in [1.54, 1.807) is 14.0 Å². The smallest absolute Gasteiger partial charge is 0.248 e. The monoisotopic (exact) mass is 278 g/mol. The number of anilines is 1. The second kappa shape index (κ2) is 6.67. The second-order valence-corrected chi connectivity index (χ2v) is 4.48. The molecule has 0 fully saturated rings. The largest absolute Gasteiger partial charge is 0.366 e. The van der Waals surface area contributed by atoms with Crippen molar-refractivity contribution < 1.29 is 14.4 Å². The molecule has 0 aliphatic carbocycles. The quantitative estimate of drug-likeness (QED) is 0.568. The second-order valence-electron chi connectivity index (χ2n) is 4.48. The molecule has 0 aliphatic heterocycles. The molecule has 7 heteroatoms. The zero-order chi connectivity index (χ0) is 15.3. The molecule has 1 rings (SSSR count). The van der Waals surface area contributed by atoms with Crippen LogP contribution in [-0.2, 0) is 4.79 Å². The van der Waals surface area contributed by atoms with E-state index in [1.165, 1.54) is 18.2 Å². The summed E-state index contributed by atoms with van der Waals surface area (Å²) in [6, 6.07) is 4.09. The van der Waals surface area contributed by atoms with Gasteiger partial charge in [-0.2, -0.15) is 0 Å². The summed E-state index contributed by atoms with van der Waals surface area (Å²) in [5.41, 5.74) is 10.9. The third-order valence-corrected chi connectivity index (χ3v) is 2.73. The molecule has 0 aromatic heterocycles. The highest BCUT2D eigenvalue weighted by Gasteiger charge is 2.14. The van der Waals surface area contributed by atoms with E-state index in [-0.39, 0.29) is 23.0 Å². The van der Waals surface area contributed by atoms with Crippen molar-refractivity contribution in [3.05, 3.63) is 29.3 Å². The Labute approximate surface area is 116 Å². The van der Waals surface area contributed by atoms with Crippen LogP contribution < -0.4 is 22.1 Å². The lowest BCUT2D eigenvalue weighted by atomic mass is 10.1. The molecule has 1 aromatic rings. The number of amides is 3. The van der Waals surface area contributed by atoms with E-state index in [4.69, 9.17) is 11.5 Å². The lowest BCUT2D eigenvalue weighted by Gasteiger charge is -2.13. The number of nitrogens with two attached hydrogens (primary N) is 2. The Kier molecular flexibility index (Phi) is 5.22. The molecule has 20 heavy (non-hydrogen) atoms. The molecular weight excluding hydrogens is 260 g/mol. The maximum Gasteiger partial charge on any atom is 0.248 e. The SMILES string of the molecule is CNCC(C)C(=O)Nc1cc(C(N)=O)cc(C(N)=O)c1. The van der Waals surface area contributed by atoms with Crippen LogP contribution in [0.15, 0.2) is 18.2 Å². The number of carbonyl (C=O) groups is 3. The van der Waals surface area contributed by atoms with Crippen LogP contribution in [0.25, 0.3) is 0 Å². The lowest BCUT2D eigenvalue weighted by molar-refractivity contribution is -0.119. The normalized spacial score (nSPS) is 11.7. The fourth-order valence-electron chi connectivity index (χ4n) is 1.65. The molecular formula is C13H18N4O3. The van der Waals surface area contributed by atoms with Crippen LogP contribution in [0, 0.1) is 5.92 Å². The molecule has 7 nitrogen and oxygen atoms in total. The van der Waals surface area contributed by atoms with Gasteiger partial charge in [-0.05, 0) is 25.2 Å². The summed E-state index contributed by atoms with van der Waals surface area (Å²) in [5, 5.41) is 5.51. The van der Waals surface area contributed by atoms with Gasteiger partial charge in [0.25, 0.3) is 0 Å². The van der Waals surface area contributed by atoms with E-state index in [9.17, 15) is 14.4 Å². The minimum Gasteiger partial charge on any atom is -0.366 e. The fourth-order valence-corrected chi connectivity index (χ4v) is 1.65. The Hall–Kier alpha value is -2.41. The topological polar surface area (TPSA) is 127 Å². The third kappa shape index (κ3) is 4.06. The summed E-state index contributed by atoms with van der Waals surface area (Å²) < 4.78 is 0. The Balaban J connectivity index is 3.02. The number of hydrogen-bond acceptors (Lipinski definition) is 4. The van der Waals surface area contributed by atoms with E-state index >= 15 is 0 Å². The van der Waals surface area contributed by atoms with Gasteiger partial charge < -0.3 is 22.1 Å². The van der Waals surface area contributed by atoms with Crippen LogP contribution in [-0.4, -0.2) is 31.3 Å². The minimum atomic E-state index is -0.702. The van der Waals surface area contributed by atoms with E-state index in [2.05, 4.69) is 10.6 Å². The zero-order valence-electron chi connectivity index (χ0n) is 11.4. The highest BCUT2D eigenvalue weighted by Crippen LogP contribution is 2.15. The first kappa shape index (κ1) is 15.6. The highest BCUT2D eigenvalue weighted by molar-refractivity contribution is 6.01. The average molecular weight is 278 g/mol. The van der Waals surface area contributed by atoms with Gasteiger partial charge in [-0.1, -0.05) is 6.92 Å². The van der Waals surface area contributed by atoms with Gasteiger partial charge in [-0.3, -0.25) is 14.4 Å². The number of primary amides is 2. The van der Waals surface area contributed by atoms with Crippen molar-refractivity contribution in [3.63, 3.8) is 0 Å². The number of nitrogens with one attached hydrogen (secondary N) is 2. The first-order valence-corrected chi connectivity index (χ1v) is 6.05. The molecule has 108 valence electrons. The number of carbonyl (C=O) groups excluding carboxylic acids is 3. The van der Waals surface area contributed by atoms with E-state index in [0.29, 0.717) is 12.2 Å². The molecule has 0 saturated heterocycles. The van der Waals surface area contributed by atoms with Crippen LogP contribution in [0.5, 0.6) is 0 Å². The first-order valence-electron chi connectivity index (χ1n) is 6.05. The van der Waals surface area contributed by atoms with Crippen LogP contribution in [0.3, 0.4) is 0 Å². The molecule has 0 spiro atoms. The van der Waals surface area contributed by atoms with Crippen LogP contribution in [0.1, 0.15) is 27.6 Å². The van der Waals surface area contributed by atoms with E-state index in [0.717, 1.165) is 0 Å². The van der Waals surface area contributed by atoms with Crippen LogP contribution >= 0.6 is 0 Å². The predicted octanol–water partition coefficient (Wildman–Crippen LogP) is -0.322. The van der Waals surface area contributed by atoms with Gasteiger partial charge in [-0.15, -0.1) is 0 Å². The summed E-state index contributed by atoms with van der Waals surface area (Å²) in [7, 11) is 1.74. The number of benzene rings is 1. The summed E-state index contributed by atoms with van der Waals surface area (Å²) in [5.74, 6) is -1.91. The Bertz CT molecular complexity index is 510. The standard InChI is InChI=1S/C13H18N4O3/c1-7(6-16-2)13(20)17-10-4-8(11(14)18)3-9(5-10)12(15)19/h3-5,7,16H,6H2,1-2H3,(H2,14,18)(H2,15,19)(H,17,20). The molecule has 1 unspecified atom stereocenters. The van der Waals surface area contributed by atoms with Crippen molar-refractivity contribution in [1.29, 1.82) is 0 Å². The third-order valence-electron chi connectivity index (χ3n) is 2.73. The summed E-state index contributed by atoms with van der Waals surface area (Å²) >= 11 is 0. The molecule has 3 amide bonds. The first-order chi connectivity index (χ1) is 9.35. The van der Waals surface area contributed by atoms with Crippen molar-refractivity contribution >= 4 is 23.4 Å². The van der Waals surface area contributed by atoms with E-state index in [1.807, 2.05) is 0 Å². The Morgan fingerprint density at radius 2 is 1.60 bits per heavy atom. The van der Waals surface area contributed by atoms with Gasteiger partial charge in [-0.25, -0.2) is 0 Å². The maximum atomic E-state index is 11.9. The molecule has 0 saturated carbocycles. The summed E-state index contributed by atoms with van der Waals surface area (Å²) in [4.78, 5) is 34.3. The number of rotatable bonds is 6. The molecule has 0 radical (unpaired) electrons. The molecule has 1 aromatic carbocycles. The van der Waals surface area contributed by atoms with Crippen molar-refractivity contribution in [2.45, 2.75) is 6.92 Å². The van der Waals surface area contributed by atoms with Crippen molar-refractivity contribution in [1.82, 2.24) is 5.32 Å². The molecule has 1 atom stereocenters.